The van der Waals surface area contributed by atoms with E-state index in [4.69, 9.17) is 11.6 Å². The van der Waals surface area contributed by atoms with Crippen LogP contribution in [0.1, 0.15) is 23.6 Å². The summed E-state index contributed by atoms with van der Waals surface area (Å²) in [6.45, 7) is 0.165. The molecule has 0 bridgehead atoms. The molecule has 1 aromatic carbocycles. The number of nitrogens with zero attached hydrogens (tertiary/aromatic N) is 3. The van der Waals surface area contributed by atoms with E-state index in [1.165, 1.54) is 24.5 Å². The van der Waals surface area contributed by atoms with Crippen molar-refractivity contribution < 1.29 is 18.3 Å². The van der Waals surface area contributed by atoms with Crippen molar-refractivity contribution in [2.45, 2.75) is 24.7 Å². The number of β-amino-alcohol motifs (C(OH)–C–C–N with tert-alkyl or cyclic N) is 1. The summed E-state index contributed by atoms with van der Waals surface area (Å²) in [5.74, 6) is 0.243. The third kappa shape index (κ3) is 3.25. The fourth-order valence-electron chi connectivity index (χ4n) is 2.83. The maximum absolute atomic E-state index is 13.3. The lowest BCUT2D eigenvalue weighted by atomic mass is 9.97. The number of alkyl halides is 3. The lowest BCUT2D eigenvalue weighted by Crippen LogP contribution is -2.27. The third-order valence-corrected chi connectivity index (χ3v) is 3.96. The van der Waals surface area contributed by atoms with Crippen LogP contribution in [0.4, 0.5) is 19.1 Å². The van der Waals surface area contributed by atoms with Crippen LogP contribution in [0.25, 0.3) is 0 Å². The Kier molecular flexibility index (Phi) is 4.16. The normalized spacial score (nSPS) is 21.7. The second-order valence-corrected chi connectivity index (χ2v) is 5.78. The predicted octanol–water partition coefficient (Wildman–Crippen LogP) is 3.46. The molecule has 23 heavy (non-hydrogen) atoms. The highest BCUT2D eigenvalue weighted by molar-refractivity contribution is 6.30. The van der Waals surface area contributed by atoms with Crippen molar-refractivity contribution >= 4 is 17.5 Å². The van der Waals surface area contributed by atoms with Crippen LogP contribution in [0.5, 0.6) is 0 Å². The minimum Gasteiger partial charge on any atom is -0.391 e. The molecule has 1 saturated heterocycles. The molecule has 3 rings (SSSR count). The highest BCUT2D eigenvalue weighted by Gasteiger charge is 2.40. The Morgan fingerprint density at radius 3 is 2.48 bits per heavy atom. The fourth-order valence-corrected chi connectivity index (χ4v) is 2.93. The quantitative estimate of drug-likeness (QED) is 0.907. The number of benzene rings is 1. The number of aliphatic hydroxyl groups is 1. The molecular formula is C15H13ClF3N3O. The van der Waals surface area contributed by atoms with Gasteiger partial charge in [-0.1, -0.05) is 29.8 Å². The van der Waals surface area contributed by atoms with Gasteiger partial charge in [-0.05, 0) is 18.1 Å². The summed E-state index contributed by atoms with van der Waals surface area (Å²) in [5.41, 5.74) is -0.604. The SMILES string of the molecule is O[C@@H]1C[C@H](c2ccccc2C(F)(F)F)N(c2ncc(Cl)cn2)C1. The van der Waals surface area contributed by atoms with Gasteiger partial charge in [-0.2, -0.15) is 13.2 Å². The molecule has 0 radical (unpaired) electrons. The Morgan fingerprint density at radius 1 is 1.17 bits per heavy atom. The molecule has 0 spiro atoms. The highest BCUT2D eigenvalue weighted by atomic mass is 35.5. The van der Waals surface area contributed by atoms with E-state index in [0.717, 1.165) is 6.07 Å². The van der Waals surface area contributed by atoms with Crippen LogP contribution in [0.15, 0.2) is 36.7 Å². The topological polar surface area (TPSA) is 49.2 Å². The van der Waals surface area contributed by atoms with E-state index in [9.17, 15) is 18.3 Å². The molecule has 2 aromatic rings. The Morgan fingerprint density at radius 2 is 1.83 bits per heavy atom. The minimum atomic E-state index is -4.46. The van der Waals surface area contributed by atoms with E-state index >= 15 is 0 Å². The molecule has 122 valence electrons. The zero-order valence-corrected chi connectivity index (χ0v) is 12.6. The molecule has 2 heterocycles. The van der Waals surface area contributed by atoms with Gasteiger partial charge in [0.05, 0.1) is 35.1 Å². The van der Waals surface area contributed by atoms with E-state index in [1.807, 2.05) is 0 Å². The number of anilines is 1. The van der Waals surface area contributed by atoms with Gasteiger partial charge in [0.25, 0.3) is 0 Å². The summed E-state index contributed by atoms with van der Waals surface area (Å²) < 4.78 is 39.8. The molecule has 1 fully saturated rings. The van der Waals surface area contributed by atoms with Crippen molar-refractivity contribution in [1.29, 1.82) is 0 Å². The van der Waals surface area contributed by atoms with E-state index < -0.39 is 23.9 Å². The summed E-state index contributed by atoms with van der Waals surface area (Å²) in [4.78, 5) is 9.68. The van der Waals surface area contributed by atoms with Crippen LogP contribution in [0.2, 0.25) is 5.02 Å². The Balaban J connectivity index is 2.02. The molecular weight excluding hydrogens is 331 g/mol. The Hall–Kier alpha value is -1.86. The van der Waals surface area contributed by atoms with Gasteiger partial charge in [0.15, 0.2) is 0 Å². The fraction of sp³-hybridized carbons (Fsp3) is 0.333. The maximum atomic E-state index is 13.3. The van der Waals surface area contributed by atoms with Crippen molar-refractivity contribution in [3.8, 4) is 0 Å². The molecule has 0 saturated carbocycles. The van der Waals surface area contributed by atoms with Crippen LogP contribution in [-0.4, -0.2) is 27.7 Å². The van der Waals surface area contributed by atoms with Gasteiger partial charge in [-0.3, -0.25) is 0 Å². The number of halogens is 4. The molecule has 1 aliphatic rings. The number of aromatic nitrogens is 2. The molecule has 0 amide bonds. The first-order valence-electron chi connectivity index (χ1n) is 6.94. The van der Waals surface area contributed by atoms with Gasteiger partial charge >= 0.3 is 6.18 Å². The third-order valence-electron chi connectivity index (χ3n) is 3.77. The average Bonchev–Trinajstić information content (AvgIpc) is 2.89. The van der Waals surface area contributed by atoms with E-state index in [1.54, 1.807) is 11.0 Å². The molecule has 1 aliphatic heterocycles. The van der Waals surface area contributed by atoms with Crippen LogP contribution in [0.3, 0.4) is 0 Å². The summed E-state index contributed by atoms with van der Waals surface area (Å²) in [6, 6.07) is 4.72. The van der Waals surface area contributed by atoms with Gasteiger partial charge < -0.3 is 10.0 Å². The first kappa shape index (κ1) is 16.0. The van der Waals surface area contributed by atoms with Crippen molar-refractivity contribution in [2.75, 3.05) is 11.4 Å². The standard InChI is InChI=1S/C15H13ClF3N3O/c16-9-6-20-14(21-7-9)22-8-10(23)5-13(22)11-3-1-2-4-12(11)15(17,18)19/h1-4,6-7,10,13,23H,5,8H2/t10-,13-/m1/s1. The second-order valence-electron chi connectivity index (χ2n) is 5.34. The molecule has 4 nitrogen and oxygen atoms in total. The van der Waals surface area contributed by atoms with Crippen molar-refractivity contribution in [1.82, 2.24) is 9.97 Å². The molecule has 8 heteroatoms. The molecule has 0 unspecified atom stereocenters. The largest absolute Gasteiger partial charge is 0.416 e. The summed E-state index contributed by atoms with van der Waals surface area (Å²) >= 11 is 5.74. The number of aliphatic hydroxyl groups excluding tert-OH is 1. The van der Waals surface area contributed by atoms with Crippen molar-refractivity contribution in [3.05, 3.63) is 52.8 Å². The first-order chi connectivity index (χ1) is 10.9. The molecule has 1 aromatic heterocycles. The van der Waals surface area contributed by atoms with Gasteiger partial charge in [0.1, 0.15) is 0 Å². The average molecular weight is 344 g/mol. The van der Waals surface area contributed by atoms with E-state index in [2.05, 4.69) is 9.97 Å². The molecule has 1 N–H and O–H groups in total. The molecule has 0 aliphatic carbocycles. The summed E-state index contributed by atoms with van der Waals surface area (Å²) in [5, 5.41) is 10.3. The Labute approximate surface area is 135 Å². The predicted molar refractivity (Wildman–Crippen MR) is 79.2 cm³/mol. The van der Waals surface area contributed by atoms with Crippen LogP contribution < -0.4 is 4.90 Å². The summed E-state index contributed by atoms with van der Waals surface area (Å²) in [6.07, 6.45) is -2.28. The first-order valence-corrected chi connectivity index (χ1v) is 7.32. The number of rotatable bonds is 2. The van der Waals surface area contributed by atoms with E-state index in [-0.39, 0.29) is 24.5 Å². The van der Waals surface area contributed by atoms with Gasteiger partial charge in [-0.25, -0.2) is 9.97 Å². The van der Waals surface area contributed by atoms with Crippen molar-refractivity contribution in [2.24, 2.45) is 0 Å². The summed E-state index contributed by atoms with van der Waals surface area (Å²) in [7, 11) is 0. The lowest BCUT2D eigenvalue weighted by Gasteiger charge is -2.26. The Bertz CT molecular complexity index is 693. The maximum Gasteiger partial charge on any atom is 0.416 e. The zero-order valence-electron chi connectivity index (χ0n) is 11.8. The van der Waals surface area contributed by atoms with Gasteiger partial charge in [-0.15, -0.1) is 0 Å². The van der Waals surface area contributed by atoms with E-state index in [0.29, 0.717) is 5.02 Å². The number of hydrogen-bond donors (Lipinski definition) is 1. The highest BCUT2D eigenvalue weighted by Crippen LogP contribution is 2.41. The van der Waals surface area contributed by atoms with Gasteiger partial charge in [0, 0.05) is 6.54 Å². The van der Waals surface area contributed by atoms with Crippen LogP contribution in [0, 0.1) is 0 Å². The number of hydrogen-bond acceptors (Lipinski definition) is 4. The van der Waals surface area contributed by atoms with Gasteiger partial charge in [0.2, 0.25) is 5.95 Å². The van der Waals surface area contributed by atoms with Crippen molar-refractivity contribution in [3.63, 3.8) is 0 Å². The van der Waals surface area contributed by atoms with Crippen LogP contribution in [-0.2, 0) is 6.18 Å². The smallest absolute Gasteiger partial charge is 0.391 e. The second kappa shape index (κ2) is 5.98. The molecule has 2 atom stereocenters. The zero-order chi connectivity index (χ0) is 16.6. The van der Waals surface area contributed by atoms with Crippen LogP contribution >= 0.6 is 11.6 Å². The lowest BCUT2D eigenvalue weighted by molar-refractivity contribution is -0.138. The monoisotopic (exact) mass is 343 g/mol. The minimum absolute atomic E-state index is 0.107.